The third-order valence-corrected chi connectivity index (χ3v) is 3.54. The smallest absolute Gasteiger partial charge is 0.120 e. The molecule has 0 bridgehead atoms. The summed E-state index contributed by atoms with van der Waals surface area (Å²) in [4.78, 5) is 0. The Labute approximate surface area is 109 Å². The average molecular weight is 252 g/mol. The topological polar surface area (TPSA) is 56.5 Å². The molecule has 3 N–H and O–H groups in total. The summed E-state index contributed by atoms with van der Waals surface area (Å²) >= 11 is 0. The van der Waals surface area contributed by atoms with Crippen molar-refractivity contribution in [3.05, 3.63) is 23.8 Å². The van der Waals surface area contributed by atoms with E-state index in [9.17, 15) is 0 Å². The van der Waals surface area contributed by atoms with E-state index in [0.717, 1.165) is 17.0 Å². The fourth-order valence-electron chi connectivity index (χ4n) is 1.75. The summed E-state index contributed by atoms with van der Waals surface area (Å²) in [5, 5.41) is 3.47. The Kier molecular flexibility index (Phi) is 4.99. The summed E-state index contributed by atoms with van der Waals surface area (Å²) in [5.41, 5.74) is 7.74. The normalized spacial score (nSPS) is 15.9. The van der Waals surface area contributed by atoms with Gasteiger partial charge in [0.25, 0.3) is 0 Å². The number of hydrogen-bond donors (Lipinski definition) is 2. The van der Waals surface area contributed by atoms with Crippen LogP contribution in [0.4, 0.5) is 5.69 Å². The second-order valence-electron chi connectivity index (χ2n) is 4.81. The molecule has 4 heteroatoms. The molecule has 0 saturated heterocycles. The van der Waals surface area contributed by atoms with Crippen LogP contribution in [0.25, 0.3) is 0 Å². The SMILES string of the molecule is COc1ccc(C)c(NC(C)(CN)C(C)OC)c1. The highest BCUT2D eigenvalue weighted by Crippen LogP contribution is 2.26. The number of benzene rings is 1. The second-order valence-corrected chi connectivity index (χ2v) is 4.81. The van der Waals surface area contributed by atoms with E-state index >= 15 is 0 Å². The van der Waals surface area contributed by atoms with Crippen molar-refractivity contribution in [1.82, 2.24) is 0 Å². The first kappa shape index (κ1) is 14.8. The lowest BCUT2D eigenvalue weighted by Crippen LogP contribution is -2.52. The zero-order chi connectivity index (χ0) is 13.8. The number of methoxy groups -OCH3 is 2. The minimum absolute atomic E-state index is 0.00750. The molecule has 0 aromatic heterocycles. The fraction of sp³-hybridized carbons (Fsp3) is 0.571. The predicted molar refractivity (Wildman–Crippen MR) is 75.3 cm³/mol. The van der Waals surface area contributed by atoms with E-state index in [2.05, 4.69) is 19.2 Å². The third kappa shape index (κ3) is 3.15. The molecule has 0 amide bonds. The van der Waals surface area contributed by atoms with E-state index in [-0.39, 0.29) is 11.6 Å². The lowest BCUT2D eigenvalue weighted by Gasteiger charge is -2.36. The zero-order valence-electron chi connectivity index (χ0n) is 11.9. The Balaban J connectivity index is 3.00. The quantitative estimate of drug-likeness (QED) is 0.814. The maximum Gasteiger partial charge on any atom is 0.120 e. The summed E-state index contributed by atoms with van der Waals surface area (Å²) in [6, 6.07) is 5.95. The largest absolute Gasteiger partial charge is 0.497 e. The molecule has 1 rings (SSSR count). The Morgan fingerprint density at radius 2 is 2.06 bits per heavy atom. The van der Waals surface area contributed by atoms with Crippen LogP contribution in [0, 0.1) is 6.92 Å². The number of rotatable bonds is 6. The van der Waals surface area contributed by atoms with Crippen LogP contribution in [0.1, 0.15) is 19.4 Å². The van der Waals surface area contributed by atoms with Crippen molar-refractivity contribution in [3.8, 4) is 5.75 Å². The van der Waals surface area contributed by atoms with Gasteiger partial charge in [0.05, 0.1) is 18.8 Å². The van der Waals surface area contributed by atoms with Crippen molar-refractivity contribution in [3.63, 3.8) is 0 Å². The predicted octanol–water partition coefficient (Wildman–Crippen LogP) is 2.17. The third-order valence-electron chi connectivity index (χ3n) is 3.54. The zero-order valence-corrected chi connectivity index (χ0v) is 11.9. The Bertz CT molecular complexity index is 395. The Hall–Kier alpha value is -1.26. The minimum Gasteiger partial charge on any atom is -0.497 e. The van der Waals surface area contributed by atoms with Crippen molar-refractivity contribution >= 4 is 5.69 Å². The highest BCUT2D eigenvalue weighted by atomic mass is 16.5. The molecule has 0 aliphatic carbocycles. The molecule has 4 nitrogen and oxygen atoms in total. The Morgan fingerprint density at radius 3 is 2.56 bits per heavy atom. The van der Waals surface area contributed by atoms with E-state index < -0.39 is 0 Å². The van der Waals surface area contributed by atoms with Crippen LogP contribution in [0.3, 0.4) is 0 Å². The highest BCUT2D eigenvalue weighted by Gasteiger charge is 2.30. The standard InChI is InChI=1S/C14H24N2O2/c1-10-6-7-12(18-5)8-13(10)16-14(3,9-15)11(2)17-4/h6-8,11,16H,9,15H2,1-5H3. The van der Waals surface area contributed by atoms with E-state index in [4.69, 9.17) is 15.2 Å². The van der Waals surface area contributed by atoms with Crippen LogP contribution in [0.15, 0.2) is 18.2 Å². The van der Waals surface area contributed by atoms with Crippen LogP contribution >= 0.6 is 0 Å². The Morgan fingerprint density at radius 1 is 1.39 bits per heavy atom. The first-order valence-electron chi connectivity index (χ1n) is 6.12. The molecule has 0 saturated carbocycles. The van der Waals surface area contributed by atoms with Crippen LogP contribution < -0.4 is 15.8 Å². The van der Waals surface area contributed by atoms with Gasteiger partial charge in [0.2, 0.25) is 0 Å². The van der Waals surface area contributed by atoms with Gasteiger partial charge in [-0.1, -0.05) is 6.07 Å². The van der Waals surface area contributed by atoms with Gasteiger partial charge < -0.3 is 20.5 Å². The number of nitrogens with one attached hydrogen (secondary N) is 1. The molecule has 1 aromatic carbocycles. The first-order valence-corrected chi connectivity index (χ1v) is 6.12. The molecule has 2 unspecified atom stereocenters. The molecule has 102 valence electrons. The van der Waals surface area contributed by atoms with Gasteiger partial charge in [-0.15, -0.1) is 0 Å². The number of ether oxygens (including phenoxy) is 2. The summed E-state index contributed by atoms with van der Waals surface area (Å²) in [6.45, 7) is 6.60. The molecule has 0 heterocycles. The lowest BCUT2D eigenvalue weighted by molar-refractivity contribution is 0.0688. The molecule has 2 atom stereocenters. The van der Waals surface area contributed by atoms with Crippen molar-refractivity contribution in [2.24, 2.45) is 5.73 Å². The molecular formula is C14H24N2O2. The first-order chi connectivity index (χ1) is 8.46. The maximum atomic E-state index is 5.88. The molecule has 0 aliphatic rings. The van der Waals surface area contributed by atoms with Crippen molar-refractivity contribution < 1.29 is 9.47 Å². The maximum absolute atomic E-state index is 5.88. The van der Waals surface area contributed by atoms with Gasteiger partial charge in [-0.3, -0.25) is 0 Å². The molecule has 0 radical (unpaired) electrons. The van der Waals surface area contributed by atoms with Crippen molar-refractivity contribution in [2.75, 3.05) is 26.1 Å². The number of anilines is 1. The average Bonchev–Trinajstić information content (AvgIpc) is 2.40. The number of aryl methyl sites for hydroxylation is 1. The van der Waals surface area contributed by atoms with Crippen LogP contribution in [-0.4, -0.2) is 32.4 Å². The van der Waals surface area contributed by atoms with E-state index in [1.807, 2.05) is 25.1 Å². The van der Waals surface area contributed by atoms with E-state index in [1.165, 1.54) is 0 Å². The van der Waals surface area contributed by atoms with Gasteiger partial charge in [-0.25, -0.2) is 0 Å². The molecule has 0 spiro atoms. The number of nitrogens with two attached hydrogens (primary N) is 1. The van der Waals surface area contributed by atoms with Gasteiger partial charge in [0.1, 0.15) is 5.75 Å². The summed E-state index contributed by atoms with van der Waals surface area (Å²) in [7, 11) is 3.35. The summed E-state index contributed by atoms with van der Waals surface area (Å²) < 4.78 is 10.6. The monoisotopic (exact) mass is 252 g/mol. The molecule has 0 fully saturated rings. The fourth-order valence-corrected chi connectivity index (χ4v) is 1.75. The van der Waals surface area contributed by atoms with Crippen molar-refractivity contribution in [1.29, 1.82) is 0 Å². The molecule has 1 aromatic rings. The minimum atomic E-state index is -0.314. The van der Waals surface area contributed by atoms with Gasteiger partial charge in [0, 0.05) is 25.4 Å². The molecule has 18 heavy (non-hydrogen) atoms. The van der Waals surface area contributed by atoms with Crippen LogP contribution in [-0.2, 0) is 4.74 Å². The van der Waals surface area contributed by atoms with E-state index in [0.29, 0.717) is 6.54 Å². The molecular weight excluding hydrogens is 228 g/mol. The second kappa shape index (κ2) is 6.07. The van der Waals surface area contributed by atoms with Crippen molar-refractivity contribution in [2.45, 2.75) is 32.4 Å². The van der Waals surface area contributed by atoms with Gasteiger partial charge in [-0.05, 0) is 32.4 Å². The number of hydrogen-bond acceptors (Lipinski definition) is 4. The van der Waals surface area contributed by atoms with E-state index in [1.54, 1.807) is 14.2 Å². The lowest BCUT2D eigenvalue weighted by atomic mass is 9.94. The summed E-state index contributed by atoms with van der Waals surface area (Å²) in [6.07, 6.45) is 0.00750. The van der Waals surface area contributed by atoms with Gasteiger partial charge >= 0.3 is 0 Å². The van der Waals surface area contributed by atoms with Gasteiger partial charge in [-0.2, -0.15) is 0 Å². The van der Waals surface area contributed by atoms with Gasteiger partial charge in [0.15, 0.2) is 0 Å². The van der Waals surface area contributed by atoms with Crippen LogP contribution in [0.2, 0.25) is 0 Å². The summed E-state index contributed by atoms with van der Waals surface area (Å²) in [5.74, 6) is 0.826. The van der Waals surface area contributed by atoms with Crippen LogP contribution in [0.5, 0.6) is 5.75 Å². The highest BCUT2D eigenvalue weighted by molar-refractivity contribution is 5.56. The molecule has 0 aliphatic heterocycles.